The molecule has 0 aliphatic carbocycles. The summed E-state index contributed by atoms with van der Waals surface area (Å²) in [5.74, 6) is -4.33. The molecule has 0 bridgehead atoms. The van der Waals surface area contributed by atoms with Gasteiger partial charge in [-0.05, 0) is 61.1 Å². The van der Waals surface area contributed by atoms with Crippen molar-refractivity contribution in [3.05, 3.63) is 123 Å². The van der Waals surface area contributed by atoms with E-state index in [0.717, 1.165) is 43.3 Å². The van der Waals surface area contributed by atoms with Crippen LogP contribution in [0.3, 0.4) is 0 Å². The Labute approximate surface area is 425 Å². The summed E-state index contributed by atoms with van der Waals surface area (Å²) in [7, 11) is 0. The number of hydrogen-bond donors (Lipinski definition) is 6. The third kappa shape index (κ3) is 11.9. The number of ether oxygens (including phenoxy) is 2. The number of unbranched alkanes of at least 4 members (excludes halogenated alkanes) is 3. The SMILES string of the molecule is CC[C@@]1(O)C(=O)OCc2c1cc1n(c2=O)Cc2c-1nc1c(ccc3ccccc31)c2CCCCOCNC(=O)CNC(=O)[C@H](Cc1ccccc1)NC(=O)CNC(=O)CNC(=O)CCCCCN1C(=O)C=CC1=O. The fourth-order valence-electron chi connectivity index (χ4n) is 9.44. The summed E-state index contributed by atoms with van der Waals surface area (Å²) in [6.07, 6.45) is 6.22. The van der Waals surface area contributed by atoms with Crippen molar-refractivity contribution >= 4 is 69.0 Å². The minimum absolute atomic E-state index is 0.0357. The van der Waals surface area contributed by atoms with Gasteiger partial charge in [-0.1, -0.05) is 80.1 Å². The predicted molar refractivity (Wildman–Crippen MR) is 269 cm³/mol. The lowest BCUT2D eigenvalue weighted by molar-refractivity contribution is -0.172. The fourth-order valence-corrected chi connectivity index (χ4v) is 9.44. The van der Waals surface area contributed by atoms with E-state index in [-0.39, 0.29) is 86.6 Å². The maximum Gasteiger partial charge on any atom is 0.343 e. The second kappa shape index (κ2) is 23.6. The van der Waals surface area contributed by atoms with Crippen LogP contribution in [0.4, 0.5) is 0 Å². The summed E-state index contributed by atoms with van der Waals surface area (Å²) in [5.41, 5.74) is 2.80. The Hall–Kier alpha value is -8.10. The first kappa shape index (κ1) is 52.2. The molecule has 3 aliphatic rings. The van der Waals surface area contributed by atoms with Gasteiger partial charge in [-0.25, -0.2) is 9.78 Å². The minimum Gasteiger partial charge on any atom is -0.458 e. The van der Waals surface area contributed by atoms with Gasteiger partial charge in [0, 0.05) is 60.0 Å². The molecule has 0 fully saturated rings. The lowest BCUT2D eigenvalue weighted by atomic mass is 9.86. The van der Waals surface area contributed by atoms with Crippen LogP contribution in [-0.4, -0.2) is 112 Å². The summed E-state index contributed by atoms with van der Waals surface area (Å²) in [6, 6.07) is 21.6. The van der Waals surface area contributed by atoms with Crippen LogP contribution in [0.2, 0.25) is 0 Å². The van der Waals surface area contributed by atoms with Gasteiger partial charge < -0.3 is 45.7 Å². The van der Waals surface area contributed by atoms with Crippen molar-refractivity contribution in [1.29, 1.82) is 0 Å². The van der Waals surface area contributed by atoms with E-state index < -0.39 is 54.3 Å². The normalized spacial score (nSPS) is 15.8. The first-order chi connectivity index (χ1) is 35.7. The smallest absolute Gasteiger partial charge is 0.343 e. The van der Waals surface area contributed by atoms with Gasteiger partial charge in [0.05, 0.1) is 48.6 Å². The highest BCUT2D eigenvalue weighted by molar-refractivity contribution is 6.13. The third-order valence-electron chi connectivity index (χ3n) is 13.5. The zero-order valence-corrected chi connectivity index (χ0v) is 41.0. The first-order valence-corrected chi connectivity index (χ1v) is 24.8. The van der Waals surface area contributed by atoms with Crippen LogP contribution < -0.4 is 32.1 Å². The van der Waals surface area contributed by atoms with Crippen LogP contribution in [0.25, 0.3) is 33.1 Å². The molecule has 8 rings (SSSR count). The molecule has 7 amide bonds. The van der Waals surface area contributed by atoms with Crippen LogP contribution in [-0.2, 0) is 79.4 Å². The standard InChI is InChI=1S/C54H58N8O12/c1-2-54(72)40-26-42-50-38(30-62(42)52(70)39(40)31-74-53(54)71)36(37-20-19-34-15-8-9-16-35(34)49(37)60-50)17-10-12-24-73-32-58-45(65)28-57-51(69)41(25-33-13-5-3-6-14-33)59-46(66)29-56-44(64)27-55-43(63)18-7-4-11-23-61-47(67)21-22-48(61)68/h3,5-6,8-9,13-16,19-22,26,41,72H,2,4,7,10-12,17-18,23-25,27-32H2,1H3,(H,55,63)(H,56,64)(H,57,69)(H,58,65)(H,59,66)/t41-,54-/m0/s1. The Kier molecular flexibility index (Phi) is 16.7. The zero-order chi connectivity index (χ0) is 52.4. The van der Waals surface area contributed by atoms with Gasteiger partial charge >= 0.3 is 5.97 Å². The molecule has 5 heterocycles. The molecule has 3 aromatic carbocycles. The number of fused-ring (bicyclic) bond motifs is 7. The number of imide groups is 1. The summed E-state index contributed by atoms with van der Waals surface area (Å²) >= 11 is 0. The molecule has 0 spiro atoms. The number of nitrogens with one attached hydrogen (secondary N) is 5. The van der Waals surface area contributed by atoms with Crippen LogP contribution in [0.5, 0.6) is 0 Å². The van der Waals surface area contributed by atoms with E-state index >= 15 is 0 Å². The molecule has 2 atom stereocenters. The Morgan fingerprint density at radius 2 is 1.49 bits per heavy atom. The average molecular weight is 1010 g/mol. The lowest BCUT2D eigenvalue weighted by Gasteiger charge is -2.31. The van der Waals surface area contributed by atoms with Crippen molar-refractivity contribution in [2.75, 3.05) is 39.5 Å². The zero-order valence-electron chi connectivity index (χ0n) is 41.0. The number of aliphatic hydroxyl groups is 1. The number of benzene rings is 3. The van der Waals surface area contributed by atoms with Crippen LogP contribution in [0.15, 0.2) is 89.7 Å². The Bertz CT molecular complexity index is 3100. The van der Waals surface area contributed by atoms with Gasteiger partial charge in [0.25, 0.3) is 17.4 Å². The van der Waals surface area contributed by atoms with E-state index in [1.54, 1.807) is 47.9 Å². The third-order valence-corrected chi connectivity index (χ3v) is 13.5. The second-order valence-electron chi connectivity index (χ2n) is 18.4. The predicted octanol–water partition coefficient (Wildman–Crippen LogP) is 2.21. The van der Waals surface area contributed by atoms with Crippen molar-refractivity contribution in [3.63, 3.8) is 0 Å². The van der Waals surface area contributed by atoms with Gasteiger partial charge in [0.15, 0.2) is 5.60 Å². The largest absolute Gasteiger partial charge is 0.458 e. The number of cyclic esters (lactones) is 1. The summed E-state index contributed by atoms with van der Waals surface area (Å²) < 4.78 is 12.7. The number of carbonyl (C=O) groups excluding carboxylic acids is 8. The van der Waals surface area contributed by atoms with Crippen molar-refractivity contribution in [2.24, 2.45) is 0 Å². The summed E-state index contributed by atoms with van der Waals surface area (Å²) in [5, 5.41) is 27.0. The molecule has 3 aliphatic heterocycles. The Morgan fingerprint density at radius 1 is 0.770 bits per heavy atom. The number of aromatic nitrogens is 2. The van der Waals surface area contributed by atoms with Gasteiger partial charge in [0.2, 0.25) is 29.5 Å². The summed E-state index contributed by atoms with van der Waals surface area (Å²) in [6.45, 7) is 0.896. The highest BCUT2D eigenvalue weighted by atomic mass is 16.6. The molecule has 20 heteroatoms. The molecule has 6 N–H and O–H groups in total. The van der Waals surface area contributed by atoms with Gasteiger partial charge in [-0.2, -0.15) is 0 Å². The number of carbonyl (C=O) groups is 8. The van der Waals surface area contributed by atoms with E-state index in [0.29, 0.717) is 56.5 Å². The molecule has 0 radical (unpaired) electrons. The average Bonchev–Trinajstić information content (AvgIpc) is 3.94. The summed E-state index contributed by atoms with van der Waals surface area (Å²) in [4.78, 5) is 120. The minimum atomic E-state index is -1.95. The van der Waals surface area contributed by atoms with E-state index in [9.17, 15) is 48.3 Å². The van der Waals surface area contributed by atoms with Crippen LogP contribution in [0, 0.1) is 0 Å². The number of esters is 1. The molecule has 2 aromatic heterocycles. The van der Waals surface area contributed by atoms with Crippen LogP contribution in [0.1, 0.15) is 79.7 Å². The van der Waals surface area contributed by atoms with Crippen molar-refractivity contribution in [1.82, 2.24) is 41.0 Å². The number of pyridine rings is 2. The molecule has 74 heavy (non-hydrogen) atoms. The molecule has 386 valence electrons. The fraction of sp³-hybridized carbons (Fsp3) is 0.370. The topological polar surface area (TPSA) is 274 Å². The highest BCUT2D eigenvalue weighted by Crippen LogP contribution is 2.41. The monoisotopic (exact) mass is 1010 g/mol. The molecule has 5 aromatic rings. The first-order valence-electron chi connectivity index (χ1n) is 24.8. The van der Waals surface area contributed by atoms with Crippen molar-refractivity contribution < 1.29 is 52.9 Å². The molecule has 0 saturated carbocycles. The Morgan fingerprint density at radius 3 is 2.27 bits per heavy atom. The van der Waals surface area contributed by atoms with E-state index in [1.807, 2.05) is 30.3 Å². The molecule has 0 unspecified atom stereocenters. The number of amides is 7. The maximum atomic E-state index is 14.0. The highest BCUT2D eigenvalue weighted by Gasteiger charge is 2.45. The van der Waals surface area contributed by atoms with E-state index in [1.165, 1.54) is 12.2 Å². The van der Waals surface area contributed by atoms with Gasteiger partial charge in [-0.3, -0.25) is 43.3 Å². The van der Waals surface area contributed by atoms with Gasteiger partial charge in [-0.15, -0.1) is 0 Å². The number of rotatable bonds is 24. The number of nitrogens with zero attached hydrogens (tertiary/aromatic N) is 3. The van der Waals surface area contributed by atoms with Crippen molar-refractivity contribution in [2.45, 2.75) is 89.5 Å². The second-order valence-corrected chi connectivity index (χ2v) is 18.4. The molecular weight excluding hydrogens is 953 g/mol. The van der Waals surface area contributed by atoms with Crippen LogP contribution >= 0.6 is 0 Å². The lowest BCUT2D eigenvalue weighted by Crippen LogP contribution is -2.52. The maximum absolute atomic E-state index is 14.0. The molecular formula is C54H58N8O12. The molecule has 0 saturated heterocycles. The number of hydrogen-bond acceptors (Lipinski definition) is 13. The Balaban J connectivity index is 0.784. The van der Waals surface area contributed by atoms with E-state index in [4.69, 9.17) is 14.5 Å². The van der Waals surface area contributed by atoms with Gasteiger partial charge in [0.1, 0.15) is 19.4 Å². The van der Waals surface area contributed by atoms with Crippen molar-refractivity contribution in [3.8, 4) is 11.4 Å². The number of aryl methyl sites for hydroxylation is 1. The molecule has 20 nitrogen and oxygen atoms in total. The quantitative estimate of drug-likeness (QED) is 0.0167. The van der Waals surface area contributed by atoms with E-state index in [2.05, 4.69) is 32.7 Å².